The molecule has 0 radical (unpaired) electrons. The van der Waals surface area contributed by atoms with Gasteiger partial charge in [-0.15, -0.1) is 0 Å². The van der Waals surface area contributed by atoms with E-state index in [1.54, 1.807) is 48.5 Å². The molecular formula is C20H17NO3S. The molecule has 0 aliphatic heterocycles. The Balaban J connectivity index is 2.07. The van der Waals surface area contributed by atoms with E-state index in [9.17, 15) is 13.2 Å². The Morgan fingerprint density at radius 3 is 2.12 bits per heavy atom. The minimum atomic E-state index is -3.85. The Morgan fingerprint density at radius 1 is 0.800 bits per heavy atom. The lowest BCUT2D eigenvalue weighted by molar-refractivity contribution is 0.101. The van der Waals surface area contributed by atoms with Crippen molar-refractivity contribution in [1.82, 2.24) is 0 Å². The number of hydrogen-bond donors (Lipinski definition) is 1. The van der Waals surface area contributed by atoms with Gasteiger partial charge in [-0.05, 0) is 30.7 Å². The van der Waals surface area contributed by atoms with Crippen LogP contribution in [0.15, 0.2) is 83.8 Å². The number of carbonyl (C=O) groups excluding carboxylic acids is 1. The second kappa shape index (κ2) is 6.91. The summed E-state index contributed by atoms with van der Waals surface area (Å²) in [7, 11) is -3.85. The zero-order chi connectivity index (χ0) is 17.9. The van der Waals surface area contributed by atoms with Crippen molar-refractivity contribution in [3.05, 3.63) is 84.4 Å². The van der Waals surface area contributed by atoms with Gasteiger partial charge in [0.2, 0.25) is 0 Å². The number of Topliss-reactive ketones (excluding diaryl/α,β-unsaturated/α-hetero) is 1. The van der Waals surface area contributed by atoms with E-state index in [-0.39, 0.29) is 16.4 Å². The number of hydrogen-bond acceptors (Lipinski definition) is 3. The molecule has 0 aliphatic rings. The molecule has 1 N–H and O–H groups in total. The van der Waals surface area contributed by atoms with E-state index < -0.39 is 10.0 Å². The van der Waals surface area contributed by atoms with E-state index in [0.717, 1.165) is 5.56 Å². The van der Waals surface area contributed by atoms with E-state index in [1.165, 1.54) is 6.92 Å². The number of benzene rings is 3. The molecule has 25 heavy (non-hydrogen) atoms. The van der Waals surface area contributed by atoms with Gasteiger partial charge in [0.15, 0.2) is 5.78 Å². The van der Waals surface area contributed by atoms with Crippen molar-refractivity contribution < 1.29 is 13.2 Å². The van der Waals surface area contributed by atoms with E-state index in [1.807, 2.05) is 30.3 Å². The molecule has 0 atom stereocenters. The molecule has 0 unspecified atom stereocenters. The third-order valence-corrected chi connectivity index (χ3v) is 5.24. The van der Waals surface area contributed by atoms with Crippen LogP contribution >= 0.6 is 0 Å². The van der Waals surface area contributed by atoms with Gasteiger partial charge in [0.1, 0.15) is 0 Å². The number of sulfonamides is 1. The molecule has 0 saturated carbocycles. The Hall–Kier alpha value is -2.92. The molecule has 3 aromatic rings. The first-order valence-corrected chi connectivity index (χ1v) is 9.24. The van der Waals surface area contributed by atoms with Crippen LogP contribution in [0.25, 0.3) is 11.1 Å². The zero-order valence-electron chi connectivity index (χ0n) is 13.6. The Morgan fingerprint density at radius 2 is 1.40 bits per heavy atom. The van der Waals surface area contributed by atoms with Crippen molar-refractivity contribution in [2.24, 2.45) is 0 Å². The molecule has 4 nitrogen and oxygen atoms in total. The third kappa shape index (κ3) is 3.61. The second-order valence-electron chi connectivity index (χ2n) is 5.57. The smallest absolute Gasteiger partial charge is 0.262 e. The maximum Gasteiger partial charge on any atom is 0.262 e. The molecule has 0 aromatic heterocycles. The number of carbonyl (C=O) groups is 1. The summed E-state index contributed by atoms with van der Waals surface area (Å²) in [6.07, 6.45) is 0. The lowest BCUT2D eigenvalue weighted by atomic mass is 10.1. The highest BCUT2D eigenvalue weighted by Crippen LogP contribution is 2.29. The molecule has 0 fully saturated rings. The molecule has 0 aliphatic carbocycles. The van der Waals surface area contributed by atoms with Gasteiger partial charge < -0.3 is 0 Å². The van der Waals surface area contributed by atoms with Gasteiger partial charge in [0, 0.05) is 11.1 Å². The topological polar surface area (TPSA) is 63.2 Å². The number of nitrogens with one attached hydrogen (secondary N) is 1. The van der Waals surface area contributed by atoms with Crippen molar-refractivity contribution in [1.29, 1.82) is 0 Å². The minimum Gasteiger partial charge on any atom is -0.294 e. The summed E-state index contributed by atoms with van der Waals surface area (Å²) in [6.45, 7) is 1.41. The molecule has 0 heterocycles. The quantitative estimate of drug-likeness (QED) is 0.695. The van der Waals surface area contributed by atoms with Crippen LogP contribution in [0.2, 0.25) is 0 Å². The normalized spacial score (nSPS) is 11.1. The molecule has 5 heteroatoms. The van der Waals surface area contributed by atoms with Crippen molar-refractivity contribution >= 4 is 21.5 Å². The van der Waals surface area contributed by atoms with Crippen molar-refractivity contribution in [3.8, 4) is 11.1 Å². The first kappa shape index (κ1) is 16.9. The average Bonchev–Trinajstić information content (AvgIpc) is 2.62. The fourth-order valence-electron chi connectivity index (χ4n) is 2.64. The predicted octanol–water partition coefficient (Wildman–Crippen LogP) is 4.36. The minimum absolute atomic E-state index is 0.166. The van der Waals surface area contributed by atoms with E-state index in [4.69, 9.17) is 0 Å². The number of para-hydroxylation sites is 1. The van der Waals surface area contributed by atoms with Gasteiger partial charge in [0.25, 0.3) is 10.0 Å². The van der Waals surface area contributed by atoms with Crippen LogP contribution < -0.4 is 4.72 Å². The summed E-state index contributed by atoms with van der Waals surface area (Å²) in [5.41, 5.74) is 2.03. The van der Waals surface area contributed by atoms with Crippen LogP contribution in [0.4, 0.5) is 5.69 Å². The van der Waals surface area contributed by atoms with Gasteiger partial charge in [-0.3, -0.25) is 9.52 Å². The second-order valence-corrected chi connectivity index (χ2v) is 7.22. The van der Waals surface area contributed by atoms with Gasteiger partial charge in [-0.25, -0.2) is 8.42 Å². The maximum atomic E-state index is 12.9. The number of ketones is 1. The Labute approximate surface area is 147 Å². The fourth-order valence-corrected chi connectivity index (χ4v) is 3.95. The van der Waals surface area contributed by atoms with Crippen molar-refractivity contribution in [2.75, 3.05) is 4.72 Å². The molecule has 3 rings (SSSR count). The fraction of sp³-hybridized carbons (Fsp3) is 0.0500. The SMILES string of the molecule is CC(=O)c1ccccc1NS(=O)(=O)c1ccccc1-c1ccccc1. The van der Waals surface area contributed by atoms with E-state index >= 15 is 0 Å². The van der Waals surface area contributed by atoms with E-state index in [0.29, 0.717) is 11.1 Å². The van der Waals surface area contributed by atoms with Crippen molar-refractivity contribution in [3.63, 3.8) is 0 Å². The van der Waals surface area contributed by atoms with Gasteiger partial charge in [-0.1, -0.05) is 60.7 Å². The van der Waals surface area contributed by atoms with Gasteiger partial charge in [-0.2, -0.15) is 0 Å². The summed E-state index contributed by atoms with van der Waals surface area (Å²) < 4.78 is 28.4. The summed E-state index contributed by atoms with van der Waals surface area (Å²) in [4.78, 5) is 11.9. The van der Waals surface area contributed by atoms with Crippen LogP contribution in [0.5, 0.6) is 0 Å². The number of rotatable bonds is 5. The lowest BCUT2D eigenvalue weighted by Crippen LogP contribution is -2.16. The zero-order valence-corrected chi connectivity index (χ0v) is 14.5. The summed E-state index contributed by atoms with van der Waals surface area (Å²) in [6, 6.07) is 22.7. The Kier molecular flexibility index (Phi) is 4.67. The first-order chi connectivity index (χ1) is 12.0. The maximum absolute atomic E-state index is 12.9. The predicted molar refractivity (Wildman–Crippen MR) is 99.1 cm³/mol. The molecular weight excluding hydrogens is 334 g/mol. The summed E-state index contributed by atoms with van der Waals surface area (Å²) >= 11 is 0. The standard InChI is InChI=1S/C20H17NO3S/c1-15(22)17-11-5-7-13-19(17)21-25(23,24)20-14-8-6-12-18(20)16-9-3-2-4-10-16/h2-14,21H,1H3. The summed E-state index contributed by atoms with van der Waals surface area (Å²) in [5, 5.41) is 0. The molecule has 3 aromatic carbocycles. The molecule has 126 valence electrons. The van der Waals surface area contributed by atoms with Crippen molar-refractivity contribution in [2.45, 2.75) is 11.8 Å². The monoisotopic (exact) mass is 351 g/mol. The van der Waals surface area contributed by atoms with Crippen LogP contribution in [0.1, 0.15) is 17.3 Å². The van der Waals surface area contributed by atoms with Crippen LogP contribution in [-0.4, -0.2) is 14.2 Å². The highest BCUT2D eigenvalue weighted by Gasteiger charge is 2.20. The van der Waals surface area contributed by atoms with Gasteiger partial charge >= 0.3 is 0 Å². The van der Waals surface area contributed by atoms with Crippen LogP contribution in [0, 0.1) is 0 Å². The van der Waals surface area contributed by atoms with Crippen LogP contribution in [-0.2, 0) is 10.0 Å². The average molecular weight is 351 g/mol. The largest absolute Gasteiger partial charge is 0.294 e. The highest BCUT2D eigenvalue weighted by molar-refractivity contribution is 7.92. The summed E-state index contributed by atoms with van der Waals surface area (Å²) in [5.74, 6) is -0.199. The molecule has 0 bridgehead atoms. The lowest BCUT2D eigenvalue weighted by Gasteiger charge is -2.14. The molecule has 0 spiro atoms. The molecule has 0 saturated heterocycles. The van der Waals surface area contributed by atoms with Crippen LogP contribution in [0.3, 0.4) is 0 Å². The first-order valence-electron chi connectivity index (χ1n) is 7.76. The molecule has 0 amide bonds. The Bertz CT molecular complexity index is 1010. The highest BCUT2D eigenvalue weighted by atomic mass is 32.2. The van der Waals surface area contributed by atoms with E-state index in [2.05, 4.69) is 4.72 Å². The van der Waals surface area contributed by atoms with Gasteiger partial charge in [0.05, 0.1) is 10.6 Å². The third-order valence-electron chi connectivity index (χ3n) is 3.81. The number of anilines is 1.